The molecule has 1 heterocycles. The molecule has 1 saturated heterocycles. The summed E-state index contributed by atoms with van der Waals surface area (Å²) < 4.78 is 0. The Morgan fingerprint density at radius 1 is 1.07 bits per heavy atom. The molecule has 1 aliphatic rings. The average Bonchev–Trinajstić information content (AvgIpc) is 2.19. The molecule has 0 amide bonds. The Labute approximate surface area is 95.2 Å². The second-order valence-electron chi connectivity index (χ2n) is 4.97. The zero-order chi connectivity index (χ0) is 10.9. The van der Waals surface area contributed by atoms with Gasteiger partial charge in [-0.15, -0.1) is 0 Å². The lowest BCUT2D eigenvalue weighted by molar-refractivity contribution is 0.229. The van der Waals surface area contributed by atoms with Gasteiger partial charge in [-0.05, 0) is 32.4 Å². The summed E-state index contributed by atoms with van der Waals surface area (Å²) in [5, 5.41) is 0. The SMILES string of the molecule is CCCCC(N)CN1CCCCCCC1. The largest absolute Gasteiger partial charge is 0.327 e. The first-order valence-corrected chi connectivity index (χ1v) is 6.81. The third-order valence-electron chi connectivity index (χ3n) is 3.37. The Hall–Kier alpha value is -0.0800. The molecule has 0 radical (unpaired) electrons. The summed E-state index contributed by atoms with van der Waals surface area (Å²) in [6.45, 7) is 5.92. The molecule has 2 heteroatoms. The van der Waals surface area contributed by atoms with Gasteiger partial charge in [0.15, 0.2) is 0 Å². The molecule has 1 rings (SSSR count). The second kappa shape index (κ2) is 8.12. The maximum atomic E-state index is 6.14. The van der Waals surface area contributed by atoms with Crippen molar-refractivity contribution in [3.63, 3.8) is 0 Å². The van der Waals surface area contributed by atoms with E-state index < -0.39 is 0 Å². The highest BCUT2D eigenvalue weighted by molar-refractivity contribution is 4.70. The molecule has 0 aromatic heterocycles. The fourth-order valence-electron chi connectivity index (χ4n) is 2.38. The fourth-order valence-corrected chi connectivity index (χ4v) is 2.38. The van der Waals surface area contributed by atoms with E-state index in [0.29, 0.717) is 6.04 Å². The van der Waals surface area contributed by atoms with Gasteiger partial charge in [0.2, 0.25) is 0 Å². The summed E-state index contributed by atoms with van der Waals surface area (Å²) in [5.74, 6) is 0. The molecule has 1 atom stereocenters. The number of hydrogen-bond acceptors (Lipinski definition) is 2. The fraction of sp³-hybridized carbons (Fsp3) is 1.00. The third kappa shape index (κ3) is 6.16. The molecule has 1 fully saturated rings. The number of unbranched alkanes of at least 4 members (excludes halogenated alkanes) is 1. The number of nitrogens with zero attached hydrogens (tertiary/aromatic N) is 1. The first kappa shape index (κ1) is 13.0. The van der Waals surface area contributed by atoms with Crippen molar-refractivity contribution < 1.29 is 0 Å². The van der Waals surface area contributed by atoms with Crippen LogP contribution >= 0.6 is 0 Å². The normalized spacial score (nSPS) is 22.0. The predicted octanol–water partition coefficient (Wildman–Crippen LogP) is 2.77. The number of rotatable bonds is 5. The van der Waals surface area contributed by atoms with Crippen LogP contribution < -0.4 is 5.73 Å². The molecule has 2 nitrogen and oxygen atoms in total. The predicted molar refractivity (Wildman–Crippen MR) is 67.0 cm³/mol. The summed E-state index contributed by atoms with van der Waals surface area (Å²) in [4.78, 5) is 2.58. The molecule has 0 aliphatic carbocycles. The zero-order valence-electron chi connectivity index (χ0n) is 10.4. The van der Waals surface area contributed by atoms with Crippen LogP contribution in [-0.4, -0.2) is 30.6 Å². The summed E-state index contributed by atoms with van der Waals surface area (Å²) >= 11 is 0. The van der Waals surface area contributed by atoms with Gasteiger partial charge in [0.05, 0.1) is 0 Å². The van der Waals surface area contributed by atoms with Gasteiger partial charge >= 0.3 is 0 Å². The lowest BCUT2D eigenvalue weighted by Gasteiger charge is -2.27. The molecule has 0 bridgehead atoms. The van der Waals surface area contributed by atoms with E-state index in [4.69, 9.17) is 5.73 Å². The van der Waals surface area contributed by atoms with Crippen LogP contribution in [0.15, 0.2) is 0 Å². The summed E-state index contributed by atoms with van der Waals surface area (Å²) in [5.41, 5.74) is 6.14. The minimum absolute atomic E-state index is 0.407. The van der Waals surface area contributed by atoms with E-state index in [9.17, 15) is 0 Å². The van der Waals surface area contributed by atoms with Gasteiger partial charge in [-0.3, -0.25) is 0 Å². The Bertz CT molecular complexity index is 139. The highest BCUT2D eigenvalue weighted by Gasteiger charge is 2.11. The maximum Gasteiger partial charge on any atom is 0.0167 e. The van der Waals surface area contributed by atoms with Gasteiger partial charge < -0.3 is 10.6 Å². The summed E-state index contributed by atoms with van der Waals surface area (Å²) in [7, 11) is 0. The van der Waals surface area contributed by atoms with Gasteiger partial charge in [0.25, 0.3) is 0 Å². The van der Waals surface area contributed by atoms with E-state index in [1.165, 1.54) is 64.5 Å². The van der Waals surface area contributed by atoms with Gasteiger partial charge in [-0.1, -0.05) is 39.0 Å². The molecule has 2 N–H and O–H groups in total. The van der Waals surface area contributed by atoms with Gasteiger partial charge in [0.1, 0.15) is 0 Å². The minimum atomic E-state index is 0.407. The monoisotopic (exact) mass is 212 g/mol. The van der Waals surface area contributed by atoms with Crippen molar-refractivity contribution in [2.45, 2.75) is 64.3 Å². The highest BCUT2D eigenvalue weighted by atomic mass is 15.1. The molecule has 0 aromatic rings. The molecule has 0 spiro atoms. The van der Waals surface area contributed by atoms with Gasteiger partial charge in [-0.2, -0.15) is 0 Å². The van der Waals surface area contributed by atoms with Crippen LogP contribution in [-0.2, 0) is 0 Å². The zero-order valence-corrected chi connectivity index (χ0v) is 10.4. The van der Waals surface area contributed by atoms with Gasteiger partial charge in [-0.25, -0.2) is 0 Å². The van der Waals surface area contributed by atoms with Crippen LogP contribution in [0.1, 0.15) is 58.3 Å². The standard InChI is InChI=1S/C13H28N2/c1-2-3-9-13(14)12-15-10-7-5-4-6-8-11-15/h13H,2-12,14H2,1H3. The average molecular weight is 212 g/mol. The van der Waals surface area contributed by atoms with E-state index in [1.54, 1.807) is 0 Å². The molecule has 90 valence electrons. The lowest BCUT2D eigenvalue weighted by atomic mass is 10.1. The molecule has 0 aromatic carbocycles. The topological polar surface area (TPSA) is 29.3 Å². The Morgan fingerprint density at radius 2 is 1.67 bits per heavy atom. The van der Waals surface area contributed by atoms with Crippen molar-refractivity contribution in [2.24, 2.45) is 5.73 Å². The van der Waals surface area contributed by atoms with Crippen molar-refractivity contribution >= 4 is 0 Å². The minimum Gasteiger partial charge on any atom is -0.327 e. The Kier molecular flexibility index (Phi) is 7.03. The van der Waals surface area contributed by atoms with Crippen LogP contribution in [0.25, 0.3) is 0 Å². The number of hydrogen-bond donors (Lipinski definition) is 1. The van der Waals surface area contributed by atoms with Crippen LogP contribution in [0, 0.1) is 0 Å². The summed E-state index contributed by atoms with van der Waals surface area (Å²) in [6.07, 6.45) is 10.8. The molecule has 0 saturated carbocycles. The third-order valence-corrected chi connectivity index (χ3v) is 3.37. The molecule has 15 heavy (non-hydrogen) atoms. The maximum absolute atomic E-state index is 6.14. The van der Waals surface area contributed by atoms with Crippen LogP contribution in [0.2, 0.25) is 0 Å². The lowest BCUT2D eigenvalue weighted by Crippen LogP contribution is -2.39. The smallest absolute Gasteiger partial charge is 0.0167 e. The van der Waals surface area contributed by atoms with E-state index in [0.717, 1.165) is 6.54 Å². The van der Waals surface area contributed by atoms with Crippen molar-refractivity contribution in [1.29, 1.82) is 0 Å². The van der Waals surface area contributed by atoms with Crippen molar-refractivity contribution in [3.05, 3.63) is 0 Å². The van der Waals surface area contributed by atoms with E-state index in [-0.39, 0.29) is 0 Å². The summed E-state index contributed by atoms with van der Waals surface area (Å²) in [6, 6.07) is 0.407. The number of likely N-dealkylation sites (tertiary alicyclic amines) is 1. The molecular formula is C13H28N2. The first-order valence-electron chi connectivity index (χ1n) is 6.81. The van der Waals surface area contributed by atoms with Crippen molar-refractivity contribution in [3.8, 4) is 0 Å². The molecular weight excluding hydrogens is 184 g/mol. The van der Waals surface area contributed by atoms with E-state index in [1.807, 2.05) is 0 Å². The van der Waals surface area contributed by atoms with Crippen molar-refractivity contribution in [1.82, 2.24) is 4.90 Å². The van der Waals surface area contributed by atoms with E-state index >= 15 is 0 Å². The van der Waals surface area contributed by atoms with Crippen LogP contribution in [0.3, 0.4) is 0 Å². The quantitative estimate of drug-likeness (QED) is 0.759. The highest BCUT2D eigenvalue weighted by Crippen LogP contribution is 2.11. The Balaban J connectivity index is 2.16. The Morgan fingerprint density at radius 3 is 2.27 bits per heavy atom. The molecule has 1 aliphatic heterocycles. The first-order chi connectivity index (χ1) is 7.33. The van der Waals surface area contributed by atoms with Crippen molar-refractivity contribution in [2.75, 3.05) is 19.6 Å². The van der Waals surface area contributed by atoms with Crippen LogP contribution in [0.4, 0.5) is 0 Å². The van der Waals surface area contributed by atoms with Crippen LogP contribution in [0.5, 0.6) is 0 Å². The number of nitrogens with two attached hydrogens (primary N) is 1. The second-order valence-corrected chi connectivity index (χ2v) is 4.97. The van der Waals surface area contributed by atoms with E-state index in [2.05, 4.69) is 11.8 Å². The molecule has 1 unspecified atom stereocenters. The van der Waals surface area contributed by atoms with Gasteiger partial charge in [0, 0.05) is 12.6 Å².